The van der Waals surface area contributed by atoms with Gasteiger partial charge in [0, 0.05) is 11.4 Å². The Balaban J connectivity index is -0.00000364. The molecule has 0 aliphatic carbocycles. The molecule has 0 aromatic carbocycles. The van der Waals surface area contributed by atoms with Crippen LogP contribution in [-0.2, 0) is 19.7 Å². The van der Waals surface area contributed by atoms with Gasteiger partial charge in [0.1, 0.15) is 5.25 Å². The molecule has 1 N–H and O–H groups in total. The SMILES string of the molecule is CCCCCCC(C)C(C(=O)[O-])(C(C)CCCCCC)C(C(=O)[O-])S(=O)(=O)O.[Na+].[Na+]. The summed E-state index contributed by atoms with van der Waals surface area (Å²) in [5.74, 6) is -5.50. The molecule has 0 aliphatic rings. The summed E-state index contributed by atoms with van der Waals surface area (Å²) in [5, 5.41) is 21.5. The van der Waals surface area contributed by atoms with Gasteiger partial charge in [0.25, 0.3) is 10.1 Å². The van der Waals surface area contributed by atoms with E-state index in [9.17, 15) is 32.8 Å². The van der Waals surface area contributed by atoms with Gasteiger partial charge < -0.3 is 19.8 Å². The van der Waals surface area contributed by atoms with Gasteiger partial charge in [0.05, 0.1) is 5.97 Å². The molecule has 3 unspecified atom stereocenters. The Kier molecular flexibility index (Phi) is 20.5. The van der Waals surface area contributed by atoms with Gasteiger partial charge in [0.15, 0.2) is 0 Å². The number of hydrogen-bond donors (Lipinski definition) is 1. The second-order valence-electron chi connectivity index (χ2n) is 7.94. The average molecular weight is 467 g/mol. The minimum Gasteiger partial charge on any atom is -0.549 e. The van der Waals surface area contributed by atoms with Gasteiger partial charge in [0.2, 0.25) is 0 Å². The van der Waals surface area contributed by atoms with Crippen LogP contribution >= 0.6 is 0 Å². The standard InChI is InChI=1S/C20H38O7S.2Na/c1-5-7-9-11-13-15(3)20(19(23)24,16(4)14-12-10-8-6-2)17(18(21)22)28(25,26)27;;/h15-17H,5-14H2,1-4H3,(H,21,22)(H,23,24)(H,25,26,27);;/q;2*+1/p-2. The maximum absolute atomic E-state index is 12.3. The van der Waals surface area contributed by atoms with E-state index in [0.29, 0.717) is 25.7 Å². The second-order valence-corrected chi connectivity index (χ2v) is 9.44. The van der Waals surface area contributed by atoms with Crippen molar-refractivity contribution in [3.8, 4) is 0 Å². The number of aliphatic carboxylic acids is 2. The molecular formula is C20H36Na2O7S. The van der Waals surface area contributed by atoms with E-state index in [1.165, 1.54) is 13.8 Å². The third-order valence-corrected chi connectivity index (χ3v) is 7.09. The molecule has 0 saturated carbocycles. The second kappa shape index (κ2) is 17.3. The first-order valence-corrected chi connectivity index (χ1v) is 11.9. The van der Waals surface area contributed by atoms with Crippen LogP contribution in [0.4, 0.5) is 0 Å². The molecule has 0 aromatic heterocycles. The number of carbonyl (C=O) groups excluding carboxylic acids is 2. The normalized spacial score (nSPS) is 16.3. The van der Waals surface area contributed by atoms with Gasteiger partial charge in [-0.1, -0.05) is 79.1 Å². The summed E-state index contributed by atoms with van der Waals surface area (Å²) in [6.45, 7) is 7.12. The molecule has 0 amide bonds. The Hall–Kier alpha value is 0.850. The molecular weight excluding hydrogens is 430 g/mol. The third kappa shape index (κ3) is 10.2. The minimum atomic E-state index is -5.21. The molecule has 0 aliphatic heterocycles. The van der Waals surface area contributed by atoms with Crippen molar-refractivity contribution in [2.24, 2.45) is 17.3 Å². The van der Waals surface area contributed by atoms with E-state index in [2.05, 4.69) is 0 Å². The van der Waals surface area contributed by atoms with E-state index in [-0.39, 0.29) is 59.1 Å². The van der Waals surface area contributed by atoms with Gasteiger partial charge in [-0.2, -0.15) is 8.42 Å². The molecule has 3 atom stereocenters. The van der Waals surface area contributed by atoms with Crippen LogP contribution in [0.15, 0.2) is 0 Å². The minimum absolute atomic E-state index is 0. The predicted octanol–water partition coefficient (Wildman–Crippen LogP) is -4.05. The Morgan fingerprint density at radius 2 is 1.20 bits per heavy atom. The molecule has 0 heterocycles. The van der Waals surface area contributed by atoms with Crippen molar-refractivity contribution in [3.63, 3.8) is 0 Å². The zero-order valence-electron chi connectivity index (χ0n) is 19.6. The van der Waals surface area contributed by atoms with E-state index >= 15 is 0 Å². The van der Waals surface area contributed by atoms with Crippen molar-refractivity contribution < 1.29 is 91.9 Å². The first-order chi connectivity index (χ1) is 13.0. The zero-order valence-corrected chi connectivity index (χ0v) is 24.4. The van der Waals surface area contributed by atoms with E-state index in [4.69, 9.17) is 0 Å². The summed E-state index contributed by atoms with van der Waals surface area (Å²) in [6, 6.07) is 0. The molecule has 7 nitrogen and oxygen atoms in total. The predicted molar refractivity (Wildman–Crippen MR) is 104 cm³/mol. The number of hydrogen-bond acceptors (Lipinski definition) is 6. The van der Waals surface area contributed by atoms with Crippen molar-refractivity contribution in [3.05, 3.63) is 0 Å². The number of carboxylic acid groups (broad SMARTS) is 2. The fourth-order valence-corrected chi connectivity index (χ4v) is 5.60. The summed E-state index contributed by atoms with van der Waals surface area (Å²) in [6.07, 6.45) is 7.42. The van der Waals surface area contributed by atoms with Crippen molar-refractivity contribution in [1.82, 2.24) is 0 Å². The van der Waals surface area contributed by atoms with Gasteiger partial charge in [-0.25, -0.2) is 0 Å². The Morgan fingerprint density at radius 3 is 1.43 bits per heavy atom. The van der Waals surface area contributed by atoms with Crippen molar-refractivity contribution >= 4 is 22.1 Å². The Bertz CT molecular complexity index is 578. The number of carbonyl (C=O) groups is 2. The van der Waals surface area contributed by atoms with Crippen LogP contribution < -0.4 is 69.3 Å². The quantitative estimate of drug-likeness (QED) is 0.139. The smallest absolute Gasteiger partial charge is 0.549 e. The van der Waals surface area contributed by atoms with Crippen LogP contribution in [0.3, 0.4) is 0 Å². The third-order valence-electron chi connectivity index (χ3n) is 5.91. The fraction of sp³-hybridized carbons (Fsp3) is 0.900. The monoisotopic (exact) mass is 466 g/mol. The maximum atomic E-state index is 12.3. The van der Waals surface area contributed by atoms with E-state index in [0.717, 1.165) is 38.5 Å². The first-order valence-electron chi connectivity index (χ1n) is 10.4. The molecule has 0 fully saturated rings. The van der Waals surface area contributed by atoms with Crippen LogP contribution in [0.1, 0.15) is 91.9 Å². The van der Waals surface area contributed by atoms with Crippen LogP contribution in [0.5, 0.6) is 0 Å². The van der Waals surface area contributed by atoms with Gasteiger partial charge in [-0.05, 0) is 24.7 Å². The van der Waals surface area contributed by atoms with Gasteiger partial charge in [-0.15, -0.1) is 0 Å². The average Bonchev–Trinajstić information content (AvgIpc) is 2.57. The van der Waals surface area contributed by atoms with E-state index < -0.39 is 44.6 Å². The molecule has 0 aromatic rings. The van der Waals surface area contributed by atoms with Crippen LogP contribution in [0, 0.1) is 17.3 Å². The molecule has 0 saturated heterocycles. The topological polar surface area (TPSA) is 135 Å². The molecule has 0 bridgehead atoms. The van der Waals surface area contributed by atoms with Crippen molar-refractivity contribution in [1.29, 1.82) is 0 Å². The molecule has 166 valence electrons. The molecule has 0 radical (unpaired) electrons. The summed E-state index contributed by atoms with van der Waals surface area (Å²) >= 11 is 0. The Morgan fingerprint density at radius 1 is 0.833 bits per heavy atom. The Labute approximate surface area is 226 Å². The molecule has 10 heteroatoms. The maximum Gasteiger partial charge on any atom is 1.00 e. The fourth-order valence-electron chi connectivity index (χ4n) is 4.31. The number of unbranched alkanes of at least 4 members (excludes halogenated alkanes) is 6. The summed E-state index contributed by atoms with van der Waals surface area (Å²) < 4.78 is 33.5. The van der Waals surface area contributed by atoms with Crippen molar-refractivity contribution in [2.75, 3.05) is 0 Å². The molecule has 30 heavy (non-hydrogen) atoms. The van der Waals surface area contributed by atoms with Crippen LogP contribution in [0.25, 0.3) is 0 Å². The van der Waals surface area contributed by atoms with Gasteiger partial charge in [-0.3, -0.25) is 4.55 Å². The van der Waals surface area contributed by atoms with Crippen LogP contribution in [0.2, 0.25) is 0 Å². The molecule has 0 rings (SSSR count). The van der Waals surface area contributed by atoms with E-state index in [1.54, 1.807) is 0 Å². The van der Waals surface area contributed by atoms with Gasteiger partial charge >= 0.3 is 59.1 Å². The number of rotatable bonds is 16. The first kappa shape index (κ1) is 35.4. The molecule has 0 spiro atoms. The zero-order chi connectivity index (χ0) is 22.0. The van der Waals surface area contributed by atoms with E-state index in [1.807, 2.05) is 13.8 Å². The summed E-state index contributed by atoms with van der Waals surface area (Å²) in [7, 11) is -5.21. The van der Waals surface area contributed by atoms with Crippen molar-refractivity contribution in [2.45, 2.75) is 97.2 Å². The summed E-state index contributed by atoms with van der Waals surface area (Å²) in [5.41, 5.74) is -2.26. The largest absolute Gasteiger partial charge is 1.00 e. The van der Waals surface area contributed by atoms with Crippen LogP contribution in [-0.4, -0.2) is 30.2 Å². The number of carboxylic acids is 2. The summed E-state index contributed by atoms with van der Waals surface area (Å²) in [4.78, 5) is 24.0.